The van der Waals surface area contributed by atoms with Gasteiger partial charge in [0, 0.05) is 36.7 Å². The van der Waals surface area contributed by atoms with E-state index < -0.39 is 0 Å². The predicted molar refractivity (Wildman–Crippen MR) is 76.8 cm³/mol. The Balaban J connectivity index is 1.84. The van der Waals surface area contributed by atoms with Crippen molar-refractivity contribution in [2.45, 2.75) is 20.4 Å². The zero-order chi connectivity index (χ0) is 15.0. The molecule has 21 heavy (non-hydrogen) atoms. The van der Waals surface area contributed by atoms with Gasteiger partial charge in [-0.05, 0) is 19.9 Å². The third-order valence-corrected chi connectivity index (χ3v) is 3.23. The van der Waals surface area contributed by atoms with Gasteiger partial charge >= 0.3 is 0 Å². The number of aryl methyl sites for hydroxylation is 3. The highest BCUT2D eigenvalue weighted by molar-refractivity contribution is 5.99. The maximum atomic E-state index is 12.3. The average molecular weight is 284 g/mol. The molecule has 0 radical (unpaired) electrons. The van der Waals surface area contributed by atoms with E-state index in [2.05, 4.69) is 20.5 Å². The molecule has 0 aliphatic heterocycles. The number of carbonyl (C=O) groups is 1. The summed E-state index contributed by atoms with van der Waals surface area (Å²) in [7, 11) is 1.84. The Hall–Kier alpha value is -2.70. The standard InChI is InChI=1S/C14H16N6O/c1-9-4-10(2)20-13(18-9)12(7-17-20)14(21)15-5-11-6-16-19(3)8-11/h4,6-8H,5H2,1-3H3,(H,15,21). The highest BCUT2D eigenvalue weighted by Gasteiger charge is 2.15. The Kier molecular flexibility index (Phi) is 3.17. The van der Waals surface area contributed by atoms with E-state index in [0.717, 1.165) is 17.0 Å². The zero-order valence-electron chi connectivity index (χ0n) is 12.2. The maximum Gasteiger partial charge on any atom is 0.257 e. The predicted octanol–water partition coefficient (Wildman–Crippen LogP) is 1.01. The molecule has 0 aromatic carbocycles. The number of carbonyl (C=O) groups excluding carboxylic acids is 1. The Labute approximate surface area is 121 Å². The first kappa shape index (κ1) is 13.3. The summed E-state index contributed by atoms with van der Waals surface area (Å²) in [4.78, 5) is 16.7. The molecule has 3 heterocycles. The minimum absolute atomic E-state index is 0.189. The molecule has 3 rings (SSSR count). The molecule has 0 aliphatic rings. The molecule has 0 unspecified atom stereocenters. The van der Waals surface area contributed by atoms with Crippen LogP contribution in [0.4, 0.5) is 0 Å². The summed E-state index contributed by atoms with van der Waals surface area (Å²) in [5, 5.41) is 11.1. The second kappa shape index (κ2) is 5.01. The van der Waals surface area contributed by atoms with E-state index in [1.807, 2.05) is 33.2 Å². The van der Waals surface area contributed by atoms with Crippen LogP contribution in [0.25, 0.3) is 5.65 Å². The molecule has 0 fully saturated rings. The molecule has 7 heteroatoms. The number of hydrogen-bond donors (Lipinski definition) is 1. The first-order valence-electron chi connectivity index (χ1n) is 6.62. The number of amides is 1. The quantitative estimate of drug-likeness (QED) is 0.778. The van der Waals surface area contributed by atoms with E-state index in [-0.39, 0.29) is 5.91 Å². The number of rotatable bonds is 3. The summed E-state index contributed by atoms with van der Waals surface area (Å²) in [6, 6.07) is 1.93. The van der Waals surface area contributed by atoms with Crippen molar-refractivity contribution in [1.82, 2.24) is 29.7 Å². The number of hydrogen-bond acceptors (Lipinski definition) is 4. The Morgan fingerprint density at radius 3 is 2.81 bits per heavy atom. The topological polar surface area (TPSA) is 77.1 Å². The summed E-state index contributed by atoms with van der Waals surface area (Å²) in [6.07, 6.45) is 5.14. The smallest absolute Gasteiger partial charge is 0.257 e. The molecule has 0 aliphatic carbocycles. The van der Waals surface area contributed by atoms with Crippen molar-refractivity contribution in [3.8, 4) is 0 Å². The molecular weight excluding hydrogens is 268 g/mol. The van der Waals surface area contributed by atoms with Crippen LogP contribution in [0.1, 0.15) is 27.3 Å². The van der Waals surface area contributed by atoms with Crippen LogP contribution < -0.4 is 5.32 Å². The lowest BCUT2D eigenvalue weighted by Gasteiger charge is -2.03. The van der Waals surface area contributed by atoms with Gasteiger partial charge in [-0.15, -0.1) is 0 Å². The molecule has 0 bridgehead atoms. The first-order valence-corrected chi connectivity index (χ1v) is 6.62. The van der Waals surface area contributed by atoms with Crippen LogP contribution in [-0.2, 0) is 13.6 Å². The van der Waals surface area contributed by atoms with Crippen LogP contribution in [0.5, 0.6) is 0 Å². The SMILES string of the molecule is Cc1cc(C)n2ncc(C(=O)NCc3cnn(C)c3)c2n1. The average Bonchev–Trinajstić information content (AvgIpc) is 3.02. The van der Waals surface area contributed by atoms with Crippen molar-refractivity contribution in [1.29, 1.82) is 0 Å². The second-order valence-electron chi connectivity index (χ2n) is 5.04. The normalized spacial score (nSPS) is 11.0. The van der Waals surface area contributed by atoms with E-state index in [1.54, 1.807) is 21.6 Å². The van der Waals surface area contributed by atoms with Gasteiger partial charge in [0.15, 0.2) is 5.65 Å². The molecule has 0 saturated heterocycles. The monoisotopic (exact) mass is 284 g/mol. The number of nitrogens with one attached hydrogen (secondary N) is 1. The van der Waals surface area contributed by atoms with E-state index in [4.69, 9.17) is 0 Å². The van der Waals surface area contributed by atoms with Gasteiger partial charge in [0.05, 0.1) is 12.4 Å². The minimum Gasteiger partial charge on any atom is -0.348 e. The van der Waals surface area contributed by atoms with Gasteiger partial charge in [-0.25, -0.2) is 9.50 Å². The summed E-state index contributed by atoms with van der Waals surface area (Å²) >= 11 is 0. The molecule has 3 aromatic heterocycles. The third kappa shape index (κ3) is 2.49. The number of fused-ring (bicyclic) bond motifs is 1. The summed E-state index contributed by atoms with van der Waals surface area (Å²) in [5.74, 6) is -0.189. The molecular formula is C14H16N6O. The third-order valence-electron chi connectivity index (χ3n) is 3.23. The van der Waals surface area contributed by atoms with Gasteiger partial charge in [-0.3, -0.25) is 9.48 Å². The Bertz CT molecular complexity index is 816. The molecule has 0 saturated carbocycles. The summed E-state index contributed by atoms with van der Waals surface area (Å²) in [6.45, 7) is 4.26. The lowest BCUT2D eigenvalue weighted by atomic mass is 10.2. The van der Waals surface area contributed by atoms with Crippen molar-refractivity contribution >= 4 is 11.6 Å². The fourth-order valence-corrected chi connectivity index (χ4v) is 2.27. The van der Waals surface area contributed by atoms with Gasteiger partial charge in [0.2, 0.25) is 0 Å². The second-order valence-corrected chi connectivity index (χ2v) is 5.04. The van der Waals surface area contributed by atoms with Gasteiger partial charge in [0.25, 0.3) is 5.91 Å². The molecule has 1 amide bonds. The highest BCUT2D eigenvalue weighted by atomic mass is 16.1. The van der Waals surface area contributed by atoms with Crippen LogP contribution >= 0.6 is 0 Å². The number of nitrogens with zero attached hydrogens (tertiary/aromatic N) is 5. The molecule has 3 aromatic rings. The Morgan fingerprint density at radius 2 is 2.10 bits per heavy atom. The van der Waals surface area contributed by atoms with Gasteiger partial charge in [-0.2, -0.15) is 10.2 Å². The fraction of sp³-hybridized carbons (Fsp3) is 0.286. The van der Waals surface area contributed by atoms with E-state index >= 15 is 0 Å². The fourth-order valence-electron chi connectivity index (χ4n) is 2.27. The van der Waals surface area contributed by atoms with Crippen molar-refractivity contribution in [2.24, 2.45) is 7.05 Å². The lowest BCUT2D eigenvalue weighted by Crippen LogP contribution is -2.22. The van der Waals surface area contributed by atoms with Crippen LogP contribution in [0.2, 0.25) is 0 Å². The van der Waals surface area contributed by atoms with Crippen molar-refractivity contribution in [2.75, 3.05) is 0 Å². The Morgan fingerprint density at radius 1 is 1.29 bits per heavy atom. The molecule has 1 N–H and O–H groups in total. The van der Waals surface area contributed by atoms with Gasteiger partial charge in [-0.1, -0.05) is 0 Å². The van der Waals surface area contributed by atoms with Crippen molar-refractivity contribution in [3.05, 3.63) is 47.2 Å². The highest BCUT2D eigenvalue weighted by Crippen LogP contribution is 2.12. The largest absolute Gasteiger partial charge is 0.348 e. The first-order chi connectivity index (χ1) is 10.0. The molecule has 7 nitrogen and oxygen atoms in total. The van der Waals surface area contributed by atoms with Gasteiger partial charge < -0.3 is 5.32 Å². The summed E-state index contributed by atoms with van der Waals surface area (Å²) in [5.41, 5.74) is 3.81. The van der Waals surface area contributed by atoms with Crippen LogP contribution in [0.15, 0.2) is 24.7 Å². The van der Waals surface area contributed by atoms with Crippen molar-refractivity contribution < 1.29 is 4.79 Å². The molecule has 108 valence electrons. The molecule has 0 atom stereocenters. The lowest BCUT2D eigenvalue weighted by molar-refractivity contribution is 0.0952. The number of aromatic nitrogens is 5. The van der Waals surface area contributed by atoms with Gasteiger partial charge in [0.1, 0.15) is 5.56 Å². The van der Waals surface area contributed by atoms with E-state index in [0.29, 0.717) is 17.8 Å². The van der Waals surface area contributed by atoms with Crippen LogP contribution in [0, 0.1) is 13.8 Å². The van der Waals surface area contributed by atoms with Crippen LogP contribution in [0.3, 0.4) is 0 Å². The molecule has 0 spiro atoms. The summed E-state index contributed by atoms with van der Waals surface area (Å²) < 4.78 is 3.37. The van der Waals surface area contributed by atoms with Crippen LogP contribution in [-0.4, -0.2) is 30.3 Å². The minimum atomic E-state index is -0.189. The zero-order valence-corrected chi connectivity index (χ0v) is 12.2. The van der Waals surface area contributed by atoms with Crippen molar-refractivity contribution in [3.63, 3.8) is 0 Å². The van der Waals surface area contributed by atoms with E-state index in [9.17, 15) is 4.79 Å². The maximum absolute atomic E-state index is 12.3. The van der Waals surface area contributed by atoms with E-state index in [1.165, 1.54) is 0 Å².